The molecule has 2 aliphatic carbocycles. The molecule has 0 aliphatic heterocycles. The molecule has 0 saturated heterocycles. The number of nitrogens with zero attached hydrogens (tertiary/aromatic N) is 1. The standard InChI is InChI=1S/C24H37NO/c1-17-6-12-22-18(2)7-13-23(24(22)14-17)19(3)15-25(4)16-20-8-10-21(26-5)11-9-20/h8-11,14,18-19,22-24H,6-7,12-13,15-16H2,1-5H3. The summed E-state index contributed by atoms with van der Waals surface area (Å²) in [6.45, 7) is 9.51. The Balaban J connectivity index is 1.60. The van der Waals surface area contributed by atoms with Crippen molar-refractivity contribution in [3.8, 4) is 5.75 Å². The molecule has 0 aromatic heterocycles. The molecule has 5 unspecified atom stereocenters. The summed E-state index contributed by atoms with van der Waals surface area (Å²) in [6.07, 6.45) is 8.21. The van der Waals surface area contributed by atoms with Crippen molar-refractivity contribution in [2.75, 3.05) is 20.7 Å². The molecule has 5 atom stereocenters. The van der Waals surface area contributed by atoms with Gasteiger partial charge in [0, 0.05) is 13.1 Å². The number of methoxy groups -OCH3 is 1. The largest absolute Gasteiger partial charge is 0.497 e. The normalized spacial score (nSPS) is 29.8. The Morgan fingerprint density at radius 1 is 1.15 bits per heavy atom. The lowest BCUT2D eigenvalue weighted by molar-refractivity contribution is 0.0696. The highest BCUT2D eigenvalue weighted by molar-refractivity contribution is 5.27. The second kappa shape index (κ2) is 8.61. The minimum absolute atomic E-state index is 0.750. The SMILES string of the molecule is COc1ccc(CN(C)CC(C)C2CCC(C)C3CCC(C)=CC32)cc1. The van der Waals surface area contributed by atoms with Gasteiger partial charge in [0.1, 0.15) is 5.75 Å². The van der Waals surface area contributed by atoms with E-state index in [-0.39, 0.29) is 0 Å². The Labute approximate surface area is 160 Å². The third-order valence-electron chi connectivity index (χ3n) is 6.97. The van der Waals surface area contributed by atoms with E-state index in [0.29, 0.717) is 0 Å². The fourth-order valence-corrected chi connectivity index (χ4v) is 5.49. The topological polar surface area (TPSA) is 12.5 Å². The molecule has 1 aromatic carbocycles. The summed E-state index contributed by atoms with van der Waals surface area (Å²) in [5.41, 5.74) is 2.99. The number of benzene rings is 1. The van der Waals surface area contributed by atoms with Crippen molar-refractivity contribution in [1.29, 1.82) is 0 Å². The molecule has 0 amide bonds. The maximum atomic E-state index is 5.27. The number of hydrogen-bond acceptors (Lipinski definition) is 2. The zero-order valence-corrected chi connectivity index (χ0v) is 17.4. The fourth-order valence-electron chi connectivity index (χ4n) is 5.49. The molecule has 0 spiro atoms. The van der Waals surface area contributed by atoms with Crippen LogP contribution in [0.4, 0.5) is 0 Å². The molecule has 0 heterocycles. The van der Waals surface area contributed by atoms with Crippen molar-refractivity contribution in [2.24, 2.45) is 29.6 Å². The smallest absolute Gasteiger partial charge is 0.118 e. The number of ether oxygens (including phenoxy) is 1. The highest BCUT2D eigenvalue weighted by Gasteiger charge is 2.39. The van der Waals surface area contributed by atoms with Crippen LogP contribution < -0.4 is 4.74 Å². The predicted molar refractivity (Wildman–Crippen MR) is 110 cm³/mol. The Hall–Kier alpha value is -1.28. The molecule has 0 N–H and O–H groups in total. The molecule has 26 heavy (non-hydrogen) atoms. The van der Waals surface area contributed by atoms with Gasteiger partial charge in [-0.2, -0.15) is 0 Å². The van der Waals surface area contributed by atoms with Crippen LogP contribution in [0, 0.1) is 29.6 Å². The number of allylic oxidation sites excluding steroid dienone is 2. The monoisotopic (exact) mass is 355 g/mol. The van der Waals surface area contributed by atoms with Crippen LogP contribution in [-0.4, -0.2) is 25.6 Å². The van der Waals surface area contributed by atoms with Crippen LogP contribution in [0.2, 0.25) is 0 Å². The summed E-state index contributed by atoms with van der Waals surface area (Å²) >= 11 is 0. The third kappa shape index (κ3) is 4.52. The average Bonchev–Trinajstić information content (AvgIpc) is 2.62. The van der Waals surface area contributed by atoms with Crippen LogP contribution in [0.3, 0.4) is 0 Å². The van der Waals surface area contributed by atoms with Gasteiger partial charge in [0.2, 0.25) is 0 Å². The zero-order chi connectivity index (χ0) is 18.7. The molecule has 0 radical (unpaired) electrons. The van der Waals surface area contributed by atoms with Crippen LogP contribution >= 0.6 is 0 Å². The van der Waals surface area contributed by atoms with Gasteiger partial charge < -0.3 is 9.64 Å². The van der Waals surface area contributed by atoms with Gasteiger partial charge >= 0.3 is 0 Å². The Morgan fingerprint density at radius 2 is 1.88 bits per heavy atom. The predicted octanol–water partition coefficient (Wildman–Crippen LogP) is 5.78. The molecule has 3 rings (SSSR count). The third-order valence-corrected chi connectivity index (χ3v) is 6.97. The van der Waals surface area contributed by atoms with Crippen molar-refractivity contribution >= 4 is 0 Å². The summed E-state index contributed by atoms with van der Waals surface area (Å²) in [7, 11) is 3.99. The molecule has 2 aliphatic rings. The Morgan fingerprint density at radius 3 is 2.58 bits per heavy atom. The number of fused-ring (bicyclic) bond motifs is 1. The second-order valence-corrected chi connectivity index (χ2v) is 9.03. The van der Waals surface area contributed by atoms with Gasteiger partial charge in [-0.15, -0.1) is 0 Å². The van der Waals surface area contributed by atoms with Gasteiger partial charge in [-0.05, 0) is 80.5 Å². The van der Waals surface area contributed by atoms with E-state index in [2.05, 4.69) is 63.1 Å². The van der Waals surface area contributed by atoms with Crippen LogP contribution in [0.1, 0.15) is 52.0 Å². The molecule has 0 bridgehead atoms. The maximum absolute atomic E-state index is 5.27. The Kier molecular flexibility index (Phi) is 6.45. The van der Waals surface area contributed by atoms with E-state index in [0.717, 1.165) is 41.9 Å². The minimum Gasteiger partial charge on any atom is -0.497 e. The van der Waals surface area contributed by atoms with Crippen LogP contribution in [0.25, 0.3) is 0 Å². The van der Waals surface area contributed by atoms with Crippen molar-refractivity contribution in [3.05, 3.63) is 41.5 Å². The van der Waals surface area contributed by atoms with Gasteiger partial charge in [0.05, 0.1) is 7.11 Å². The highest BCUT2D eigenvalue weighted by atomic mass is 16.5. The van der Waals surface area contributed by atoms with Crippen LogP contribution in [0.15, 0.2) is 35.9 Å². The summed E-state index contributed by atoms with van der Waals surface area (Å²) in [5, 5.41) is 0. The van der Waals surface area contributed by atoms with Crippen molar-refractivity contribution in [3.63, 3.8) is 0 Å². The van der Waals surface area contributed by atoms with Gasteiger partial charge in [-0.1, -0.05) is 44.1 Å². The number of hydrogen-bond donors (Lipinski definition) is 0. The zero-order valence-electron chi connectivity index (χ0n) is 17.4. The van der Waals surface area contributed by atoms with E-state index in [1.165, 1.54) is 37.8 Å². The second-order valence-electron chi connectivity index (χ2n) is 9.03. The van der Waals surface area contributed by atoms with Gasteiger partial charge in [-0.25, -0.2) is 0 Å². The van der Waals surface area contributed by atoms with E-state index in [1.54, 1.807) is 12.7 Å². The lowest BCUT2D eigenvalue weighted by atomic mass is 9.60. The first-order valence-electron chi connectivity index (χ1n) is 10.5. The van der Waals surface area contributed by atoms with Gasteiger partial charge in [-0.3, -0.25) is 0 Å². The molecule has 1 fully saturated rings. The molecule has 1 aromatic rings. The summed E-state index contributed by atoms with van der Waals surface area (Å²) in [4.78, 5) is 2.50. The quantitative estimate of drug-likeness (QED) is 0.600. The molecule has 1 saturated carbocycles. The number of rotatable bonds is 6. The van der Waals surface area contributed by atoms with Crippen LogP contribution in [-0.2, 0) is 6.54 Å². The average molecular weight is 356 g/mol. The maximum Gasteiger partial charge on any atom is 0.118 e. The molecule has 2 nitrogen and oxygen atoms in total. The van der Waals surface area contributed by atoms with E-state index >= 15 is 0 Å². The lowest BCUT2D eigenvalue weighted by Crippen LogP contribution is -2.40. The first-order chi connectivity index (χ1) is 12.5. The van der Waals surface area contributed by atoms with E-state index in [4.69, 9.17) is 4.74 Å². The highest BCUT2D eigenvalue weighted by Crippen LogP contribution is 2.48. The van der Waals surface area contributed by atoms with E-state index in [1.807, 2.05) is 0 Å². The van der Waals surface area contributed by atoms with Crippen molar-refractivity contribution in [2.45, 2.75) is 53.0 Å². The first kappa shape index (κ1) is 19.5. The van der Waals surface area contributed by atoms with Crippen molar-refractivity contribution < 1.29 is 4.74 Å². The summed E-state index contributed by atoms with van der Waals surface area (Å²) < 4.78 is 5.27. The van der Waals surface area contributed by atoms with Crippen molar-refractivity contribution in [1.82, 2.24) is 4.90 Å². The lowest BCUT2D eigenvalue weighted by Gasteiger charge is -2.46. The minimum atomic E-state index is 0.750. The molecular weight excluding hydrogens is 318 g/mol. The Bertz CT molecular complexity index is 605. The summed E-state index contributed by atoms with van der Waals surface area (Å²) in [6, 6.07) is 8.50. The fraction of sp³-hybridized carbons (Fsp3) is 0.667. The molecule has 144 valence electrons. The van der Waals surface area contributed by atoms with Crippen LogP contribution in [0.5, 0.6) is 5.75 Å². The van der Waals surface area contributed by atoms with Gasteiger partial charge in [0.25, 0.3) is 0 Å². The first-order valence-corrected chi connectivity index (χ1v) is 10.5. The van der Waals surface area contributed by atoms with Gasteiger partial charge in [0.15, 0.2) is 0 Å². The molecular formula is C24H37NO. The van der Waals surface area contributed by atoms with E-state index < -0.39 is 0 Å². The summed E-state index contributed by atoms with van der Waals surface area (Å²) in [5.74, 6) is 5.19. The molecule has 2 heteroatoms. The van der Waals surface area contributed by atoms with E-state index in [9.17, 15) is 0 Å².